The largest absolute Gasteiger partial charge is 0.463 e. The highest BCUT2D eigenvalue weighted by Crippen LogP contribution is 2.19. The van der Waals surface area contributed by atoms with E-state index in [2.05, 4.69) is 5.10 Å². The third-order valence-corrected chi connectivity index (χ3v) is 3.58. The molecule has 0 radical (unpaired) electrons. The number of likely N-dealkylation sites (N-methyl/N-ethyl adjacent to an activating group) is 1. The first-order chi connectivity index (χ1) is 10.6. The van der Waals surface area contributed by atoms with E-state index in [-0.39, 0.29) is 5.91 Å². The van der Waals surface area contributed by atoms with Crippen molar-refractivity contribution in [2.75, 3.05) is 13.1 Å². The molecule has 2 rings (SSSR count). The lowest BCUT2D eigenvalue weighted by molar-refractivity contribution is -0.137. The number of ether oxygens (including phenoxy) is 1. The summed E-state index contributed by atoms with van der Waals surface area (Å²) >= 11 is 0. The Balaban J connectivity index is 2.14. The van der Waals surface area contributed by atoms with Crippen LogP contribution in [0.15, 0.2) is 36.5 Å². The minimum atomic E-state index is -0.544. The van der Waals surface area contributed by atoms with Crippen LogP contribution in [0.3, 0.4) is 0 Å². The molecule has 0 saturated carbocycles. The van der Waals surface area contributed by atoms with Crippen LogP contribution in [0.1, 0.15) is 26.3 Å². The predicted octanol–water partition coefficient (Wildman–Crippen LogP) is 2.82. The van der Waals surface area contributed by atoms with Crippen LogP contribution in [0.5, 0.6) is 5.88 Å². The minimum Gasteiger partial charge on any atom is -0.463 e. The first-order valence-electron chi connectivity index (χ1n) is 7.64. The molecule has 0 bridgehead atoms. The van der Waals surface area contributed by atoms with Gasteiger partial charge < -0.3 is 9.64 Å². The first kappa shape index (κ1) is 16.1. The van der Waals surface area contributed by atoms with E-state index in [1.165, 1.54) is 0 Å². The Morgan fingerprint density at radius 3 is 2.50 bits per heavy atom. The molecule has 5 nitrogen and oxygen atoms in total. The smallest absolute Gasteiger partial charge is 0.263 e. The van der Waals surface area contributed by atoms with Crippen molar-refractivity contribution >= 4 is 5.91 Å². The van der Waals surface area contributed by atoms with Gasteiger partial charge in [-0.05, 0) is 39.8 Å². The van der Waals surface area contributed by atoms with Gasteiger partial charge in [0.2, 0.25) is 5.88 Å². The number of aryl methyl sites for hydroxylation is 1. The second-order valence-electron chi connectivity index (χ2n) is 5.17. The normalized spacial score (nSPS) is 12.0. The summed E-state index contributed by atoms with van der Waals surface area (Å²) in [5, 5.41) is 4.44. The van der Waals surface area contributed by atoms with Gasteiger partial charge in [0.25, 0.3) is 5.91 Å². The van der Waals surface area contributed by atoms with Crippen molar-refractivity contribution in [3.05, 3.63) is 42.1 Å². The summed E-state index contributed by atoms with van der Waals surface area (Å²) in [6, 6.07) is 9.82. The number of carbonyl (C=O) groups excluding carboxylic acids is 1. The molecule has 0 N–H and O–H groups in total. The summed E-state index contributed by atoms with van der Waals surface area (Å²) in [7, 11) is 0. The van der Waals surface area contributed by atoms with Crippen molar-refractivity contribution < 1.29 is 9.53 Å². The maximum absolute atomic E-state index is 12.3. The summed E-state index contributed by atoms with van der Waals surface area (Å²) < 4.78 is 7.53. The number of rotatable bonds is 6. The van der Waals surface area contributed by atoms with Gasteiger partial charge in [-0.25, -0.2) is 4.68 Å². The Morgan fingerprint density at radius 2 is 1.91 bits per heavy atom. The number of hydrogen-bond donors (Lipinski definition) is 0. The van der Waals surface area contributed by atoms with Crippen molar-refractivity contribution in [2.24, 2.45) is 0 Å². The molecule has 0 unspecified atom stereocenters. The molecule has 1 aromatic heterocycles. The average Bonchev–Trinajstić information content (AvgIpc) is 2.90. The molecule has 0 fully saturated rings. The summed E-state index contributed by atoms with van der Waals surface area (Å²) in [6.45, 7) is 8.98. The Bertz CT molecular complexity index is 618. The van der Waals surface area contributed by atoms with Gasteiger partial charge in [-0.15, -0.1) is 5.10 Å². The fourth-order valence-electron chi connectivity index (χ4n) is 2.28. The lowest BCUT2D eigenvalue weighted by Gasteiger charge is -2.22. The number of nitrogens with zero attached hydrogens (tertiary/aromatic N) is 3. The maximum atomic E-state index is 12.3. The van der Waals surface area contributed by atoms with E-state index in [0.717, 1.165) is 11.3 Å². The van der Waals surface area contributed by atoms with Gasteiger partial charge in [-0.3, -0.25) is 4.79 Å². The molecule has 5 heteroatoms. The van der Waals surface area contributed by atoms with Crippen molar-refractivity contribution in [3.8, 4) is 11.6 Å². The van der Waals surface area contributed by atoms with E-state index >= 15 is 0 Å². The fourth-order valence-corrected chi connectivity index (χ4v) is 2.28. The van der Waals surface area contributed by atoms with Gasteiger partial charge >= 0.3 is 0 Å². The van der Waals surface area contributed by atoms with Crippen LogP contribution in [0.4, 0.5) is 0 Å². The van der Waals surface area contributed by atoms with E-state index in [1.807, 2.05) is 57.3 Å². The molecular formula is C17H23N3O2. The fraction of sp³-hybridized carbons (Fsp3) is 0.412. The van der Waals surface area contributed by atoms with E-state index in [1.54, 1.807) is 16.5 Å². The number of aromatic nitrogens is 2. The molecule has 118 valence electrons. The van der Waals surface area contributed by atoms with Gasteiger partial charge in [0.15, 0.2) is 6.10 Å². The van der Waals surface area contributed by atoms with Gasteiger partial charge in [-0.1, -0.05) is 18.2 Å². The van der Waals surface area contributed by atoms with Crippen LogP contribution >= 0.6 is 0 Å². The molecule has 1 heterocycles. The molecule has 0 spiro atoms. The molecule has 0 aliphatic heterocycles. The number of benzene rings is 1. The Hall–Kier alpha value is -2.30. The van der Waals surface area contributed by atoms with Crippen LogP contribution in [0.25, 0.3) is 5.69 Å². The Kier molecular flexibility index (Phi) is 5.20. The molecule has 0 saturated heterocycles. The van der Waals surface area contributed by atoms with E-state index in [9.17, 15) is 4.79 Å². The molecule has 1 aromatic carbocycles. The lowest BCUT2D eigenvalue weighted by Crippen LogP contribution is -2.40. The summed E-state index contributed by atoms with van der Waals surface area (Å²) in [6.07, 6.45) is 1.36. The molecule has 0 aliphatic rings. The van der Waals surface area contributed by atoms with Crippen molar-refractivity contribution in [3.63, 3.8) is 0 Å². The molecule has 0 aliphatic carbocycles. The number of hydrogen-bond acceptors (Lipinski definition) is 3. The van der Waals surface area contributed by atoms with Crippen LogP contribution in [-0.4, -0.2) is 39.8 Å². The van der Waals surface area contributed by atoms with E-state index in [0.29, 0.717) is 19.0 Å². The number of amides is 1. The average molecular weight is 301 g/mol. The zero-order valence-corrected chi connectivity index (χ0v) is 13.6. The number of para-hydroxylation sites is 1. The summed E-state index contributed by atoms with van der Waals surface area (Å²) in [5.74, 6) is 0.482. The molecule has 1 atom stereocenters. The predicted molar refractivity (Wildman–Crippen MR) is 86.3 cm³/mol. The topological polar surface area (TPSA) is 47.4 Å². The summed E-state index contributed by atoms with van der Waals surface area (Å²) in [5.41, 5.74) is 1.87. The van der Waals surface area contributed by atoms with Gasteiger partial charge in [0.1, 0.15) is 0 Å². The second-order valence-corrected chi connectivity index (χ2v) is 5.17. The lowest BCUT2D eigenvalue weighted by atomic mass is 10.3. The van der Waals surface area contributed by atoms with Crippen LogP contribution < -0.4 is 4.74 Å². The Labute approximate surface area is 131 Å². The third-order valence-electron chi connectivity index (χ3n) is 3.58. The van der Waals surface area contributed by atoms with Crippen LogP contribution in [-0.2, 0) is 4.79 Å². The van der Waals surface area contributed by atoms with Crippen LogP contribution in [0.2, 0.25) is 0 Å². The summed E-state index contributed by atoms with van der Waals surface area (Å²) in [4.78, 5) is 14.0. The minimum absolute atomic E-state index is 0.0151. The molecule has 2 aromatic rings. The van der Waals surface area contributed by atoms with Gasteiger partial charge in [-0.2, -0.15) is 0 Å². The highest BCUT2D eigenvalue weighted by atomic mass is 16.5. The van der Waals surface area contributed by atoms with Crippen LogP contribution in [0, 0.1) is 6.92 Å². The maximum Gasteiger partial charge on any atom is 0.263 e. The zero-order valence-electron chi connectivity index (χ0n) is 13.6. The van der Waals surface area contributed by atoms with Crippen molar-refractivity contribution in [1.82, 2.24) is 14.7 Å². The standard InChI is InChI=1S/C17H23N3O2/c1-5-19(6-2)17(21)14(4)22-16-13(3)12-20(18-16)15-10-8-7-9-11-15/h7-12,14H,5-6H2,1-4H3/t14-/m0/s1. The SMILES string of the molecule is CCN(CC)C(=O)[C@H](C)Oc1nn(-c2ccccc2)cc1C. The van der Waals surface area contributed by atoms with E-state index in [4.69, 9.17) is 4.74 Å². The van der Waals surface area contributed by atoms with Crippen molar-refractivity contribution in [2.45, 2.75) is 33.8 Å². The Morgan fingerprint density at radius 1 is 1.27 bits per heavy atom. The molecule has 22 heavy (non-hydrogen) atoms. The highest BCUT2D eigenvalue weighted by Gasteiger charge is 2.21. The first-order valence-corrected chi connectivity index (χ1v) is 7.64. The van der Waals surface area contributed by atoms with Crippen molar-refractivity contribution in [1.29, 1.82) is 0 Å². The van der Waals surface area contributed by atoms with E-state index < -0.39 is 6.10 Å². The third kappa shape index (κ3) is 3.47. The second kappa shape index (κ2) is 7.11. The van der Waals surface area contributed by atoms with Gasteiger partial charge in [0, 0.05) is 24.8 Å². The monoisotopic (exact) mass is 301 g/mol. The van der Waals surface area contributed by atoms with Gasteiger partial charge in [0.05, 0.1) is 5.69 Å². The quantitative estimate of drug-likeness (QED) is 0.824. The molecular weight excluding hydrogens is 278 g/mol. The highest BCUT2D eigenvalue weighted by molar-refractivity contribution is 5.80. The zero-order chi connectivity index (χ0) is 16.1. The molecule has 1 amide bonds. The number of carbonyl (C=O) groups is 1.